The number of aliphatic hydroxyl groups is 1. The minimum Gasteiger partial charge on any atom is -0.451 e. The van der Waals surface area contributed by atoms with Gasteiger partial charge in [-0.3, -0.25) is 4.79 Å². The van der Waals surface area contributed by atoms with Crippen LogP contribution in [0.1, 0.15) is 50.2 Å². The van der Waals surface area contributed by atoms with Crippen molar-refractivity contribution in [2.75, 3.05) is 13.2 Å². The highest BCUT2D eigenvalue weighted by Crippen LogP contribution is 2.27. The van der Waals surface area contributed by atoms with Crippen LogP contribution < -0.4 is 5.32 Å². The Balaban J connectivity index is 2.23. The molecule has 1 amide bonds. The van der Waals surface area contributed by atoms with E-state index < -0.39 is 0 Å². The number of amides is 1. The van der Waals surface area contributed by atoms with Crippen LogP contribution in [0.4, 0.5) is 0 Å². The van der Waals surface area contributed by atoms with Gasteiger partial charge in [-0.15, -0.1) is 0 Å². The molecule has 0 saturated carbocycles. The number of aliphatic hydroxyl groups excluding tert-OH is 1. The molecule has 0 radical (unpaired) electrons. The number of fused-ring (bicyclic) bond motifs is 1. The van der Waals surface area contributed by atoms with Crippen LogP contribution >= 0.6 is 0 Å². The van der Waals surface area contributed by atoms with E-state index in [0.717, 1.165) is 10.9 Å². The fourth-order valence-electron chi connectivity index (χ4n) is 2.47. The minimum absolute atomic E-state index is 0.0676. The Kier molecular flexibility index (Phi) is 6.02. The topological polar surface area (TPSA) is 71.7 Å². The molecule has 0 saturated heterocycles. The first-order chi connectivity index (χ1) is 11.3. The SMILES string of the molecule is CC(C)OCc1c(C(=O)NCC(C)(C)CCO)oc2ccccc12. The largest absolute Gasteiger partial charge is 0.451 e. The van der Waals surface area contributed by atoms with E-state index in [-0.39, 0.29) is 24.0 Å². The monoisotopic (exact) mass is 333 g/mol. The van der Waals surface area contributed by atoms with E-state index in [1.54, 1.807) is 0 Å². The molecule has 5 nitrogen and oxygen atoms in total. The summed E-state index contributed by atoms with van der Waals surface area (Å²) in [4.78, 5) is 12.6. The molecule has 0 aliphatic rings. The average molecular weight is 333 g/mol. The van der Waals surface area contributed by atoms with Gasteiger partial charge in [0, 0.05) is 24.1 Å². The molecule has 2 N–H and O–H groups in total. The maximum Gasteiger partial charge on any atom is 0.287 e. The van der Waals surface area contributed by atoms with Gasteiger partial charge in [0.15, 0.2) is 5.76 Å². The van der Waals surface area contributed by atoms with Gasteiger partial charge in [0.05, 0.1) is 12.7 Å². The van der Waals surface area contributed by atoms with Gasteiger partial charge in [0.2, 0.25) is 0 Å². The predicted octanol–water partition coefficient (Wildman–Crippen LogP) is 3.50. The van der Waals surface area contributed by atoms with Crippen LogP contribution in [-0.2, 0) is 11.3 Å². The van der Waals surface area contributed by atoms with Crippen molar-refractivity contribution in [2.24, 2.45) is 5.41 Å². The van der Waals surface area contributed by atoms with Crippen molar-refractivity contribution < 1.29 is 19.1 Å². The zero-order valence-electron chi connectivity index (χ0n) is 14.9. The lowest BCUT2D eigenvalue weighted by molar-refractivity contribution is 0.0642. The molecule has 0 aliphatic carbocycles. The lowest BCUT2D eigenvalue weighted by Gasteiger charge is -2.23. The second kappa shape index (κ2) is 7.81. The van der Waals surface area contributed by atoms with Gasteiger partial charge in [0.1, 0.15) is 5.58 Å². The molecule has 0 fully saturated rings. The van der Waals surface area contributed by atoms with Crippen LogP contribution in [0.25, 0.3) is 11.0 Å². The van der Waals surface area contributed by atoms with Crippen molar-refractivity contribution in [3.8, 4) is 0 Å². The van der Waals surface area contributed by atoms with E-state index in [0.29, 0.717) is 30.9 Å². The zero-order chi connectivity index (χ0) is 17.7. The normalized spacial score (nSPS) is 12.1. The van der Waals surface area contributed by atoms with Gasteiger partial charge in [-0.05, 0) is 31.7 Å². The van der Waals surface area contributed by atoms with Crippen LogP contribution in [0.3, 0.4) is 0 Å². The highest BCUT2D eigenvalue weighted by Gasteiger charge is 2.23. The molecular formula is C19H27NO4. The number of para-hydroxylation sites is 1. The van der Waals surface area contributed by atoms with Crippen molar-refractivity contribution in [1.82, 2.24) is 5.32 Å². The summed E-state index contributed by atoms with van der Waals surface area (Å²) in [5, 5.41) is 12.9. The molecule has 132 valence electrons. The Morgan fingerprint density at radius 3 is 2.71 bits per heavy atom. The molecule has 24 heavy (non-hydrogen) atoms. The number of furan rings is 1. The van der Waals surface area contributed by atoms with Crippen LogP contribution in [-0.4, -0.2) is 30.3 Å². The van der Waals surface area contributed by atoms with E-state index in [1.165, 1.54) is 0 Å². The summed E-state index contributed by atoms with van der Waals surface area (Å²) < 4.78 is 11.5. The molecule has 2 aromatic rings. The second-order valence-electron chi connectivity index (χ2n) is 7.09. The molecule has 1 aromatic carbocycles. The van der Waals surface area contributed by atoms with Crippen molar-refractivity contribution >= 4 is 16.9 Å². The lowest BCUT2D eigenvalue weighted by atomic mass is 9.90. The summed E-state index contributed by atoms with van der Waals surface area (Å²) in [6.07, 6.45) is 0.689. The van der Waals surface area contributed by atoms with Crippen molar-refractivity contribution in [3.63, 3.8) is 0 Å². The molecule has 1 aromatic heterocycles. The van der Waals surface area contributed by atoms with E-state index in [1.807, 2.05) is 52.0 Å². The van der Waals surface area contributed by atoms with Crippen LogP contribution in [0.2, 0.25) is 0 Å². The van der Waals surface area contributed by atoms with Crippen LogP contribution in [0.15, 0.2) is 28.7 Å². The fourth-order valence-corrected chi connectivity index (χ4v) is 2.47. The third-order valence-corrected chi connectivity index (χ3v) is 3.98. The lowest BCUT2D eigenvalue weighted by Crippen LogP contribution is -2.34. The van der Waals surface area contributed by atoms with E-state index >= 15 is 0 Å². The second-order valence-corrected chi connectivity index (χ2v) is 7.09. The number of carbonyl (C=O) groups is 1. The number of nitrogens with one attached hydrogen (secondary N) is 1. The van der Waals surface area contributed by atoms with Gasteiger partial charge in [0.25, 0.3) is 5.91 Å². The molecular weight excluding hydrogens is 306 g/mol. The summed E-state index contributed by atoms with van der Waals surface area (Å²) in [7, 11) is 0. The Labute approximate surface area is 143 Å². The molecule has 2 rings (SSSR count). The molecule has 5 heteroatoms. The van der Waals surface area contributed by atoms with Gasteiger partial charge < -0.3 is 19.6 Å². The third kappa shape index (κ3) is 4.58. The molecule has 0 aliphatic heterocycles. The minimum atomic E-state index is -0.250. The highest BCUT2D eigenvalue weighted by atomic mass is 16.5. The smallest absolute Gasteiger partial charge is 0.287 e. The third-order valence-electron chi connectivity index (χ3n) is 3.98. The van der Waals surface area contributed by atoms with E-state index in [4.69, 9.17) is 14.3 Å². The number of ether oxygens (including phenoxy) is 1. The summed E-state index contributed by atoms with van der Waals surface area (Å²) in [6, 6.07) is 7.58. The molecule has 0 unspecified atom stereocenters. The summed E-state index contributed by atoms with van der Waals surface area (Å²) in [6.45, 7) is 8.82. The number of rotatable bonds is 8. The van der Waals surface area contributed by atoms with Gasteiger partial charge in [-0.25, -0.2) is 0 Å². The first-order valence-electron chi connectivity index (χ1n) is 8.35. The summed E-state index contributed by atoms with van der Waals surface area (Å²) in [5.41, 5.74) is 1.28. The Morgan fingerprint density at radius 1 is 1.33 bits per heavy atom. The maximum atomic E-state index is 12.6. The number of carbonyl (C=O) groups excluding carboxylic acids is 1. The van der Waals surface area contributed by atoms with Gasteiger partial charge in [-0.1, -0.05) is 32.0 Å². The predicted molar refractivity (Wildman–Crippen MR) is 94.0 cm³/mol. The molecule has 0 spiro atoms. The first-order valence-corrected chi connectivity index (χ1v) is 8.35. The van der Waals surface area contributed by atoms with Crippen LogP contribution in [0, 0.1) is 5.41 Å². The molecule has 1 heterocycles. The quantitative estimate of drug-likeness (QED) is 0.775. The van der Waals surface area contributed by atoms with Crippen molar-refractivity contribution in [2.45, 2.75) is 46.8 Å². The number of benzene rings is 1. The molecule has 0 atom stereocenters. The van der Waals surface area contributed by atoms with E-state index in [2.05, 4.69) is 5.32 Å². The summed E-state index contributed by atoms with van der Waals surface area (Å²) >= 11 is 0. The van der Waals surface area contributed by atoms with Gasteiger partial charge >= 0.3 is 0 Å². The number of hydrogen-bond acceptors (Lipinski definition) is 4. The first kappa shape index (κ1) is 18.5. The highest BCUT2D eigenvalue weighted by molar-refractivity contribution is 5.99. The average Bonchev–Trinajstić information content (AvgIpc) is 2.89. The molecule has 0 bridgehead atoms. The fraction of sp³-hybridized carbons (Fsp3) is 0.526. The van der Waals surface area contributed by atoms with Crippen molar-refractivity contribution in [1.29, 1.82) is 0 Å². The van der Waals surface area contributed by atoms with E-state index in [9.17, 15) is 4.79 Å². The standard InChI is InChI=1S/C19H27NO4/c1-13(2)23-11-15-14-7-5-6-8-16(14)24-17(15)18(22)20-12-19(3,4)9-10-21/h5-8,13,21H,9-12H2,1-4H3,(H,20,22). The summed E-state index contributed by atoms with van der Waals surface area (Å²) in [5.74, 6) is 0.0521. The Hall–Kier alpha value is -1.85. The van der Waals surface area contributed by atoms with Crippen molar-refractivity contribution in [3.05, 3.63) is 35.6 Å². The van der Waals surface area contributed by atoms with Gasteiger partial charge in [-0.2, -0.15) is 0 Å². The number of hydrogen-bond donors (Lipinski definition) is 2. The van der Waals surface area contributed by atoms with Crippen LogP contribution in [0.5, 0.6) is 0 Å². The maximum absolute atomic E-state index is 12.6. The Bertz CT molecular complexity index is 688. The Morgan fingerprint density at radius 2 is 2.04 bits per heavy atom. The zero-order valence-corrected chi connectivity index (χ0v) is 14.9.